The minimum Gasteiger partial charge on any atom is -0.494 e. The molecule has 1 aliphatic heterocycles. The second-order valence-corrected chi connectivity index (χ2v) is 16.8. The van der Waals surface area contributed by atoms with Gasteiger partial charge < -0.3 is 40.0 Å². The molecule has 328 valence electrons. The van der Waals surface area contributed by atoms with Gasteiger partial charge in [0.1, 0.15) is 35.2 Å². The van der Waals surface area contributed by atoms with Crippen molar-refractivity contribution in [3.63, 3.8) is 0 Å². The lowest BCUT2D eigenvalue weighted by Crippen LogP contribution is -2.56. The normalized spacial score (nSPS) is 17.1. The van der Waals surface area contributed by atoms with E-state index < -0.39 is 24.1 Å². The van der Waals surface area contributed by atoms with E-state index in [4.69, 9.17) is 24.7 Å². The number of likely N-dealkylation sites (tertiary alicyclic amines) is 1. The average Bonchev–Trinajstić information content (AvgIpc) is 3.96. The standard InChI is InChI=1S/C45H63N5O9S/c1-31(46)34-16-10-18-36(28-34)58-25-9-5-8-22-56-23-13-24-57-26-27-59-37-19-11-17-35(29-37)41(51)39-30-47-43(60-39)38-20-12-21-50(38)44(53)40(33-14-6-4-7-15-33)48-42(52)32(2)49(3)45(54)55/h10-11,16-19,28-33,38,40H,4-9,12-15,20-27,46H2,1-3H3,(H,48,52)(H,54,55)/t31-,32+,38+,40+/m1/s1. The molecule has 4 atom stereocenters. The molecule has 60 heavy (non-hydrogen) atoms. The van der Waals surface area contributed by atoms with Crippen LogP contribution in [0.3, 0.4) is 0 Å². The minimum absolute atomic E-state index is 0.0125. The number of aromatic nitrogens is 1. The van der Waals surface area contributed by atoms with Crippen molar-refractivity contribution in [3.05, 3.63) is 75.7 Å². The van der Waals surface area contributed by atoms with Gasteiger partial charge in [0.05, 0.1) is 24.1 Å². The first-order valence-electron chi connectivity index (χ1n) is 21.5. The van der Waals surface area contributed by atoms with Gasteiger partial charge in [0.25, 0.3) is 0 Å². The Bertz CT molecular complexity index is 1830. The average molecular weight is 850 g/mol. The summed E-state index contributed by atoms with van der Waals surface area (Å²) >= 11 is 1.28. The lowest BCUT2D eigenvalue weighted by Gasteiger charge is -2.35. The van der Waals surface area contributed by atoms with Gasteiger partial charge in [-0.15, -0.1) is 11.3 Å². The molecule has 2 heterocycles. The number of carbonyl (C=O) groups excluding carboxylic acids is 3. The molecule has 14 nitrogen and oxygen atoms in total. The second kappa shape index (κ2) is 24.0. The van der Waals surface area contributed by atoms with Gasteiger partial charge >= 0.3 is 6.09 Å². The van der Waals surface area contributed by atoms with Crippen LogP contribution in [-0.2, 0) is 19.1 Å². The molecule has 0 bridgehead atoms. The summed E-state index contributed by atoms with van der Waals surface area (Å²) in [5.41, 5.74) is 7.49. The number of benzene rings is 2. The number of nitrogens with one attached hydrogen (secondary N) is 1. The number of rotatable bonds is 24. The number of nitrogens with zero attached hydrogens (tertiary/aromatic N) is 3. The maximum absolute atomic E-state index is 14.2. The number of carboxylic acid groups (broad SMARTS) is 1. The number of thiazole rings is 1. The van der Waals surface area contributed by atoms with Gasteiger partial charge in [0.2, 0.25) is 17.6 Å². The highest BCUT2D eigenvalue weighted by Crippen LogP contribution is 2.37. The highest BCUT2D eigenvalue weighted by atomic mass is 32.1. The maximum Gasteiger partial charge on any atom is 0.407 e. The number of amides is 3. The summed E-state index contributed by atoms with van der Waals surface area (Å²) in [5.74, 6) is 0.516. The first kappa shape index (κ1) is 46.5. The fourth-order valence-corrected chi connectivity index (χ4v) is 8.62. The number of unbranched alkanes of at least 4 members (excludes halogenated alkanes) is 2. The zero-order valence-corrected chi connectivity index (χ0v) is 36.2. The van der Waals surface area contributed by atoms with E-state index in [9.17, 15) is 24.3 Å². The Morgan fingerprint density at radius 1 is 0.867 bits per heavy atom. The Morgan fingerprint density at radius 3 is 2.30 bits per heavy atom. The molecule has 3 aromatic rings. The lowest BCUT2D eigenvalue weighted by atomic mass is 9.83. The topological polar surface area (TPSA) is 183 Å². The van der Waals surface area contributed by atoms with Crippen LogP contribution in [0, 0.1) is 5.92 Å². The van der Waals surface area contributed by atoms with Crippen molar-refractivity contribution in [1.29, 1.82) is 0 Å². The third kappa shape index (κ3) is 13.7. The van der Waals surface area contributed by atoms with Crippen molar-refractivity contribution in [3.8, 4) is 11.5 Å². The van der Waals surface area contributed by atoms with Gasteiger partial charge in [0.15, 0.2) is 0 Å². The molecule has 3 amide bonds. The smallest absolute Gasteiger partial charge is 0.407 e. The maximum atomic E-state index is 14.2. The number of ketones is 1. The van der Waals surface area contributed by atoms with E-state index in [2.05, 4.69) is 10.3 Å². The van der Waals surface area contributed by atoms with Crippen LogP contribution >= 0.6 is 11.3 Å². The van der Waals surface area contributed by atoms with E-state index in [1.165, 1.54) is 25.3 Å². The molecule has 2 fully saturated rings. The number of hydrogen-bond donors (Lipinski definition) is 3. The van der Waals surface area contributed by atoms with Gasteiger partial charge in [0, 0.05) is 51.2 Å². The van der Waals surface area contributed by atoms with Gasteiger partial charge in [-0.2, -0.15) is 0 Å². The molecule has 15 heteroatoms. The highest BCUT2D eigenvalue weighted by molar-refractivity contribution is 7.13. The number of nitrogens with two attached hydrogens (primary N) is 1. The summed E-state index contributed by atoms with van der Waals surface area (Å²) < 4.78 is 23.2. The zero-order chi connectivity index (χ0) is 42.9. The first-order chi connectivity index (χ1) is 29.0. The van der Waals surface area contributed by atoms with E-state index in [0.29, 0.717) is 73.8 Å². The minimum atomic E-state index is -1.22. The second-order valence-electron chi connectivity index (χ2n) is 15.8. The van der Waals surface area contributed by atoms with Crippen LogP contribution in [-0.4, -0.2) is 109 Å². The van der Waals surface area contributed by atoms with Gasteiger partial charge in [-0.25, -0.2) is 9.78 Å². The Hall–Kier alpha value is -4.57. The van der Waals surface area contributed by atoms with Gasteiger partial charge in [-0.05, 0) is 101 Å². The summed E-state index contributed by atoms with van der Waals surface area (Å²) in [6.07, 6.45) is 10.2. The van der Waals surface area contributed by atoms with Gasteiger partial charge in [-0.1, -0.05) is 43.5 Å². The molecule has 1 aromatic heterocycles. The molecule has 1 aliphatic carbocycles. The SMILES string of the molecule is C[C@@H](N)c1cccc(OCCCCCOCCCOCCOc2cccc(C(=O)c3cnc([C@@H]4CCCN4C(=O)[C@@H](NC(=O)[C@H](C)N(C)C(=O)O)C4CCCCC4)s3)c2)c1. The van der Waals surface area contributed by atoms with E-state index in [1.54, 1.807) is 35.4 Å². The third-order valence-electron chi connectivity index (χ3n) is 11.3. The quantitative estimate of drug-likeness (QED) is 0.0614. The predicted molar refractivity (Wildman–Crippen MR) is 230 cm³/mol. The van der Waals surface area contributed by atoms with Crippen LogP contribution in [0.15, 0.2) is 54.7 Å². The first-order valence-corrected chi connectivity index (χ1v) is 22.3. The van der Waals surface area contributed by atoms with Crippen LogP contribution in [0.1, 0.15) is 122 Å². The number of hydrogen-bond acceptors (Lipinski definition) is 11. The number of carbonyl (C=O) groups is 4. The van der Waals surface area contributed by atoms with E-state index in [1.807, 2.05) is 31.2 Å². The monoisotopic (exact) mass is 849 g/mol. The fourth-order valence-electron chi connectivity index (χ4n) is 7.59. The van der Waals surface area contributed by atoms with Crippen molar-refractivity contribution in [1.82, 2.24) is 20.1 Å². The molecule has 4 N–H and O–H groups in total. The van der Waals surface area contributed by atoms with E-state index >= 15 is 0 Å². The molecule has 0 unspecified atom stereocenters. The van der Waals surface area contributed by atoms with Crippen LogP contribution in [0.4, 0.5) is 4.79 Å². The van der Waals surface area contributed by atoms with Crippen molar-refractivity contribution in [2.75, 3.05) is 53.2 Å². The Labute approximate surface area is 358 Å². The largest absolute Gasteiger partial charge is 0.494 e. The van der Waals surface area contributed by atoms with Crippen molar-refractivity contribution < 1.29 is 43.2 Å². The van der Waals surface area contributed by atoms with Gasteiger partial charge in [-0.3, -0.25) is 19.3 Å². The predicted octanol–water partition coefficient (Wildman–Crippen LogP) is 7.17. The van der Waals surface area contributed by atoms with E-state index in [0.717, 1.165) is 80.4 Å². The molecule has 1 saturated heterocycles. The molecule has 2 aliphatic rings. The van der Waals surface area contributed by atoms with Crippen LogP contribution in [0.5, 0.6) is 11.5 Å². The zero-order valence-electron chi connectivity index (χ0n) is 35.4. The summed E-state index contributed by atoms with van der Waals surface area (Å²) in [5, 5.41) is 13.0. The Balaban J connectivity index is 1.01. The third-order valence-corrected chi connectivity index (χ3v) is 12.4. The fraction of sp³-hybridized carbons (Fsp3) is 0.578. The highest BCUT2D eigenvalue weighted by Gasteiger charge is 2.40. The molecule has 2 aromatic carbocycles. The number of likely N-dealkylation sites (N-methyl/N-ethyl adjacent to an activating group) is 1. The van der Waals surface area contributed by atoms with Crippen molar-refractivity contribution in [2.45, 2.75) is 109 Å². The summed E-state index contributed by atoms with van der Waals surface area (Å²) in [6.45, 7) is 7.30. The molecular weight excluding hydrogens is 787 g/mol. The summed E-state index contributed by atoms with van der Waals surface area (Å²) in [7, 11) is 1.34. The van der Waals surface area contributed by atoms with Crippen LogP contribution in [0.25, 0.3) is 0 Å². The summed E-state index contributed by atoms with van der Waals surface area (Å²) in [6, 6.07) is 12.9. The Morgan fingerprint density at radius 2 is 1.55 bits per heavy atom. The molecular formula is C45H63N5O9S. The number of ether oxygens (including phenoxy) is 4. The van der Waals surface area contributed by atoms with Crippen LogP contribution < -0.4 is 20.5 Å². The molecule has 5 rings (SSSR count). The van der Waals surface area contributed by atoms with E-state index in [-0.39, 0.29) is 29.7 Å². The van der Waals surface area contributed by atoms with Crippen molar-refractivity contribution >= 4 is 35.0 Å². The molecule has 1 saturated carbocycles. The van der Waals surface area contributed by atoms with Crippen LogP contribution in [0.2, 0.25) is 0 Å². The van der Waals surface area contributed by atoms with Crippen molar-refractivity contribution in [2.24, 2.45) is 11.7 Å². The Kier molecular flexibility index (Phi) is 18.6. The molecule has 0 spiro atoms. The molecule has 0 radical (unpaired) electrons. The summed E-state index contributed by atoms with van der Waals surface area (Å²) in [4.78, 5) is 60.4. The lowest BCUT2D eigenvalue weighted by molar-refractivity contribution is -0.140.